The van der Waals surface area contributed by atoms with Gasteiger partial charge in [0.05, 0.1) is 13.1 Å². The fraction of sp³-hybridized carbons (Fsp3) is 0.261. The number of nitrogens with zero attached hydrogens (tertiary/aromatic N) is 2. The maximum absolute atomic E-state index is 12.8. The van der Waals surface area contributed by atoms with Crippen molar-refractivity contribution in [3.05, 3.63) is 67.3 Å². The molecule has 0 saturated heterocycles. The predicted octanol–water partition coefficient (Wildman–Crippen LogP) is 3.12. The highest BCUT2D eigenvalue weighted by Gasteiger charge is 2.19. The zero-order chi connectivity index (χ0) is 21.9. The van der Waals surface area contributed by atoms with Crippen LogP contribution in [-0.2, 0) is 14.4 Å². The predicted molar refractivity (Wildman–Crippen MR) is 120 cm³/mol. The molecule has 7 nitrogen and oxygen atoms in total. The Labute approximate surface area is 177 Å². The summed E-state index contributed by atoms with van der Waals surface area (Å²) >= 11 is 0. The molecule has 0 aliphatic rings. The van der Waals surface area contributed by atoms with Crippen LogP contribution >= 0.6 is 0 Å². The first kappa shape index (κ1) is 22.8. The average Bonchev–Trinajstić information content (AvgIpc) is 2.73. The van der Waals surface area contributed by atoms with E-state index in [2.05, 4.69) is 17.2 Å². The van der Waals surface area contributed by atoms with Crippen LogP contribution in [0.2, 0.25) is 0 Å². The fourth-order valence-corrected chi connectivity index (χ4v) is 2.89. The summed E-state index contributed by atoms with van der Waals surface area (Å²) in [5, 5.41) is 5.49. The molecule has 3 amide bonds. The van der Waals surface area contributed by atoms with Crippen molar-refractivity contribution in [2.24, 2.45) is 0 Å². The second kappa shape index (κ2) is 11.5. The molecule has 0 aliphatic carbocycles. The van der Waals surface area contributed by atoms with E-state index < -0.39 is 0 Å². The van der Waals surface area contributed by atoms with E-state index in [0.717, 1.165) is 5.69 Å². The first-order chi connectivity index (χ1) is 14.4. The van der Waals surface area contributed by atoms with E-state index in [1.807, 2.05) is 37.3 Å². The number of hydrogen-bond donors (Lipinski definition) is 2. The van der Waals surface area contributed by atoms with Gasteiger partial charge in [-0.2, -0.15) is 0 Å². The SMILES string of the molecule is C=CCN(C(=O)CN(CC)CC(=O)Nc1ccc(NC(C)=O)cc1)c1ccccc1. The van der Waals surface area contributed by atoms with Gasteiger partial charge in [-0.15, -0.1) is 6.58 Å². The summed E-state index contributed by atoms with van der Waals surface area (Å²) in [5.74, 6) is -0.474. The number of carbonyl (C=O) groups excluding carboxylic acids is 3. The van der Waals surface area contributed by atoms with E-state index in [1.165, 1.54) is 6.92 Å². The van der Waals surface area contributed by atoms with E-state index in [0.29, 0.717) is 24.5 Å². The molecule has 30 heavy (non-hydrogen) atoms. The van der Waals surface area contributed by atoms with Gasteiger partial charge in [0.15, 0.2) is 0 Å². The summed E-state index contributed by atoms with van der Waals surface area (Å²) in [6, 6.07) is 16.2. The number of carbonyl (C=O) groups is 3. The van der Waals surface area contributed by atoms with Crippen LogP contribution in [0.3, 0.4) is 0 Å². The lowest BCUT2D eigenvalue weighted by atomic mass is 10.2. The maximum atomic E-state index is 12.8. The summed E-state index contributed by atoms with van der Waals surface area (Å²) in [6.45, 7) is 8.23. The molecule has 0 spiro atoms. The van der Waals surface area contributed by atoms with Crippen LogP contribution < -0.4 is 15.5 Å². The molecule has 0 unspecified atom stereocenters. The number of benzene rings is 2. The van der Waals surface area contributed by atoms with Gasteiger partial charge in [-0.05, 0) is 42.9 Å². The molecule has 2 aromatic rings. The van der Waals surface area contributed by atoms with E-state index in [1.54, 1.807) is 40.1 Å². The van der Waals surface area contributed by atoms with Crippen molar-refractivity contribution in [2.75, 3.05) is 41.7 Å². The number of nitrogens with one attached hydrogen (secondary N) is 2. The molecule has 2 N–H and O–H groups in total. The normalized spacial score (nSPS) is 10.4. The smallest absolute Gasteiger partial charge is 0.241 e. The van der Waals surface area contributed by atoms with Gasteiger partial charge in [0, 0.05) is 30.5 Å². The number of amides is 3. The van der Waals surface area contributed by atoms with Crippen molar-refractivity contribution in [2.45, 2.75) is 13.8 Å². The van der Waals surface area contributed by atoms with Crippen molar-refractivity contribution < 1.29 is 14.4 Å². The number of likely N-dealkylation sites (N-methyl/N-ethyl adjacent to an activating group) is 1. The van der Waals surface area contributed by atoms with E-state index in [4.69, 9.17) is 0 Å². The second-order valence-corrected chi connectivity index (χ2v) is 6.74. The van der Waals surface area contributed by atoms with Gasteiger partial charge >= 0.3 is 0 Å². The van der Waals surface area contributed by atoms with Crippen LogP contribution in [0, 0.1) is 0 Å². The molecular weight excluding hydrogens is 380 g/mol. The van der Waals surface area contributed by atoms with Gasteiger partial charge in [0.2, 0.25) is 17.7 Å². The first-order valence-corrected chi connectivity index (χ1v) is 9.79. The van der Waals surface area contributed by atoms with Crippen molar-refractivity contribution >= 4 is 34.8 Å². The molecular formula is C23H28N4O3. The van der Waals surface area contributed by atoms with Crippen molar-refractivity contribution in [1.82, 2.24) is 4.90 Å². The van der Waals surface area contributed by atoms with E-state index in [9.17, 15) is 14.4 Å². The number of anilines is 3. The largest absolute Gasteiger partial charge is 0.326 e. The zero-order valence-electron chi connectivity index (χ0n) is 17.4. The molecule has 0 aliphatic heterocycles. The van der Waals surface area contributed by atoms with Crippen molar-refractivity contribution in [3.8, 4) is 0 Å². The highest BCUT2D eigenvalue weighted by molar-refractivity contribution is 5.96. The maximum Gasteiger partial charge on any atom is 0.241 e. The highest BCUT2D eigenvalue weighted by Crippen LogP contribution is 2.15. The molecule has 158 valence electrons. The average molecular weight is 409 g/mol. The van der Waals surface area contributed by atoms with E-state index in [-0.39, 0.29) is 30.8 Å². The van der Waals surface area contributed by atoms with Crippen LogP contribution in [0.5, 0.6) is 0 Å². The van der Waals surface area contributed by atoms with Crippen LogP contribution in [0.25, 0.3) is 0 Å². The van der Waals surface area contributed by atoms with Gasteiger partial charge in [0.25, 0.3) is 0 Å². The summed E-state index contributed by atoms with van der Waals surface area (Å²) in [4.78, 5) is 39.8. The second-order valence-electron chi connectivity index (χ2n) is 6.74. The third-order valence-electron chi connectivity index (χ3n) is 4.34. The Morgan fingerprint density at radius 1 is 0.933 bits per heavy atom. The molecule has 7 heteroatoms. The van der Waals surface area contributed by atoms with Crippen molar-refractivity contribution in [1.29, 1.82) is 0 Å². The third kappa shape index (κ3) is 7.18. The summed E-state index contributed by atoms with van der Waals surface area (Å²) < 4.78 is 0. The van der Waals surface area contributed by atoms with Crippen LogP contribution in [0.4, 0.5) is 17.1 Å². The fourth-order valence-electron chi connectivity index (χ4n) is 2.89. The lowest BCUT2D eigenvalue weighted by Crippen LogP contribution is -2.43. The highest BCUT2D eigenvalue weighted by atomic mass is 16.2. The minimum Gasteiger partial charge on any atom is -0.326 e. The minimum absolute atomic E-state index is 0.0897. The number of hydrogen-bond acceptors (Lipinski definition) is 4. The van der Waals surface area contributed by atoms with Gasteiger partial charge in [-0.25, -0.2) is 0 Å². The van der Waals surface area contributed by atoms with Gasteiger partial charge in [-0.1, -0.05) is 31.2 Å². The van der Waals surface area contributed by atoms with Crippen molar-refractivity contribution in [3.63, 3.8) is 0 Å². The summed E-state index contributed by atoms with van der Waals surface area (Å²) in [5.41, 5.74) is 2.07. The van der Waals surface area contributed by atoms with Gasteiger partial charge in [0.1, 0.15) is 0 Å². The lowest BCUT2D eigenvalue weighted by Gasteiger charge is -2.26. The quantitative estimate of drug-likeness (QED) is 0.592. The van der Waals surface area contributed by atoms with Crippen LogP contribution in [0.1, 0.15) is 13.8 Å². The van der Waals surface area contributed by atoms with Crippen LogP contribution in [-0.4, -0.2) is 48.8 Å². The molecule has 0 radical (unpaired) electrons. The Morgan fingerprint density at radius 2 is 1.53 bits per heavy atom. The van der Waals surface area contributed by atoms with Gasteiger partial charge < -0.3 is 15.5 Å². The number of para-hydroxylation sites is 1. The molecule has 2 rings (SSSR count). The van der Waals surface area contributed by atoms with Gasteiger partial charge in [-0.3, -0.25) is 19.3 Å². The molecule has 0 atom stereocenters. The molecule has 0 aromatic heterocycles. The minimum atomic E-state index is -0.216. The molecule has 0 bridgehead atoms. The Bertz CT molecular complexity index is 866. The topological polar surface area (TPSA) is 81.8 Å². The molecule has 0 heterocycles. The standard InChI is InChI=1S/C23H28N4O3/c1-4-15-27(21-9-7-6-8-10-21)23(30)17-26(5-2)16-22(29)25-20-13-11-19(12-14-20)24-18(3)28/h4,6-14H,1,5,15-17H2,2-3H3,(H,24,28)(H,25,29). The Balaban J connectivity index is 1.95. The zero-order valence-corrected chi connectivity index (χ0v) is 17.4. The first-order valence-electron chi connectivity index (χ1n) is 9.79. The Kier molecular flexibility index (Phi) is 8.77. The molecule has 0 fully saturated rings. The lowest BCUT2D eigenvalue weighted by molar-refractivity contribution is -0.121. The Hall–Kier alpha value is -3.45. The number of rotatable bonds is 10. The monoisotopic (exact) mass is 408 g/mol. The molecule has 2 aromatic carbocycles. The third-order valence-corrected chi connectivity index (χ3v) is 4.34. The van der Waals surface area contributed by atoms with Crippen LogP contribution in [0.15, 0.2) is 67.3 Å². The van der Waals surface area contributed by atoms with E-state index >= 15 is 0 Å². The summed E-state index contributed by atoms with van der Waals surface area (Å²) in [7, 11) is 0. The summed E-state index contributed by atoms with van der Waals surface area (Å²) in [6.07, 6.45) is 1.68. The molecule has 0 saturated carbocycles. The Morgan fingerprint density at radius 3 is 2.07 bits per heavy atom.